The molecule has 0 spiro atoms. The number of aryl methyl sites for hydroxylation is 1. The molecule has 0 unspecified atom stereocenters. The third-order valence-electron chi connectivity index (χ3n) is 6.92. The summed E-state index contributed by atoms with van der Waals surface area (Å²) in [6.45, 7) is 6.05. The minimum atomic E-state index is -4.47. The van der Waals surface area contributed by atoms with Gasteiger partial charge in [-0.15, -0.1) is 0 Å². The highest BCUT2D eigenvalue weighted by molar-refractivity contribution is 5.94. The number of nitrogens with two attached hydrogens (primary N) is 1. The Labute approximate surface area is 216 Å². The summed E-state index contributed by atoms with van der Waals surface area (Å²) in [6.07, 6.45) is -0.541. The Kier molecular flexibility index (Phi) is 8.02. The minimum Gasteiger partial charge on any atom is -0.493 e. The van der Waals surface area contributed by atoms with E-state index in [1.54, 1.807) is 20.1 Å². The number of rotatable bonds is 10. The number of hydrogen-bond donors (Lipinski definition) is 2. The Balaban J connectivity index is 1.57. The molecule has 0 amide bonds. The number of halogens is 3. The minimum absolute atomic E-state index is 0.0666. The predicted octanol–water partition coefficient (Wildman–Crippen LogP) is 6.44. The van der Waals surface area contributed by atoms with Crippen molar-refractivity contribution in [1.29, 1.82) is 0 Å². The van der Waals surface area contributed by atoms with Crippen LogP contribution in [0.5, 0.6) is 11.5 Å². The van der Waals surface area contributed by atoms with Gasteiger partial charge in [0.05, 0.1) is 18.2 Å². The molecule has 0 bridgehead atoms. The van der Waals surface area contributed by atoms with E-state index in [1.807, 2.05) is 25.1 Å². The number of fused-ring (bicyclic) bond motifs is 1. The number of likely N-dealkylation sites (N-methyl/N-ethyl adjacent to an activating group) is 1. The maximum absolute atomic E-state index is 13.3. The van der Waals surface area contributed by atoms with Crippen LogP contribution in [-0.4, -0.2) is 43.7 Å². The van der Waals surface area contributed by atoms with Gasteiger partial charge in [-0.2, -0.15) is 13.2 Å². The molecule has 0 radical (unpaired) electrons. The van der Waals surface area contributed by atoms with Gasteiger partial charge in [-0.05, 0) is 75.5 Å². The van der Waals surface area contributed by atoms with Crippen molar-refractivity contribution in [3.05, 3.63) is 53.2 Å². The molecule has 37 heavy (non-hydrogen) atoms. The summed E-state index contributed by atoms with van der Waals surface area (Å²) in [5, 5.41) is 4.14. The molecule has 2 aromatic carbocycles. The van der Waals surface area contributed by atoms with E-state index in [0.717, 1.165) is 47.9 Å². The van der Waals surface area contributed by atoms with Crippen molar-refractivity contribution in [3.8, 4) is 11.5 Å². The number of methoxy groups -OCH3 is 1. The first kappa shape index (κ1) is 26.9. The van der Waals surface area contributed by atoms with E-state index < -0.39 is 17.8 Å². The van der Waals surface area contributed by atoms with Gasteiger partial charge in [-0.1, -0.05) is 6.42 Å². The fraction of sp³-hybridized carbons (Fsp3) is 0.464. The van der Waals surface area contributed by atoms with E-state index in [2.05, 4.69) is 22.2 Å². The van der Waals surface area contributed by atoms with Crippen molar-refractivity contribution in [2.24, 2.45) is 5.92 Å². The predicted molar refractivity (Wildman–Crippen MR) is 141 cm³/mol. The van der Waals surface area contributed by atoms with Gasteiger partial charge in [-0.25, -0.2) is 0 Å². The molecule has 0 saturated heterocycles. The molecule has 1 aromatic heterocycles. The number of nitrogens with one attached hydrogen (secondary N) is 1. The molecule has 3 aromatic rings. The third kappa shape index (κ3) is 6.57. The normalized spacial score (nSPS) is 15.0. The number of hydrogen-bond acceptors (Lipinski definition) is 6. The lowest BCUT2D eigenvalue weighted by Crippen LogP contribution is -2.32. The van der Waals surface area contributed by atoms with Crippen molar-refractivity contribution >= 4 is 22.3 Å². The van der Waals surface area contributed by atoms with Crippen LogP contribution < -0.4 is 20.5 Å². The highest BCUT2D eigenvalue weighted by atomic mass is 19.4. The Morgan fingerprint density at radius 3 is 2.54 bits per heavy atom. The number of aromatic nitrogens is 1. The number of nitrogen functional groups attached to an aromatic ring is 1. The molecule has 3 N–H and O–H groups in total. The SMILES string of the molecule is COc1cc2nc(C)cc(N[C@H](C)c3cc(N)cc(C(F)(F)F)c3)c2cc1OCCN(C)CC1CCC1. The van der Waals surface area contributed by atoms with Gasteiger partial charge in [0.25, 0.3) is 0 Å². The number of alkyl halides is 3. The van der Waals surface area contributed by atoms with Gasteiger partial charge in [0, 0.05) is 47.7 Å². The maximum Gasteiger partial charge on any atom is 0.416 e. The van der Waals surface area contributed by atoms with Crippen LogP contribution in [0.4, 0.5) is 24.5 Å². The summed E-state index contributed by atoms with van der Waals surface area (Å²) < 4.78 is 51.7. The van der Waals surface area contributed by atoms with E-state index in [1.165, 1.54) is 19.3 Å². The highest BCUT2D eigenvalue weighted by Gasteiger charge is 2.31. The van der Waals surface area contributed by atoms with Gasteiger partial charge in [0.2, 0.25) is 0 Å². The molecule has 1 atom stereocenters. The van der Waals surface area contributed by atoms with Gasteiger partial charge in [-0.3, -0.25) is 4.98 Å². The summed E-state index contributed by atoms with van der Waals surface area (Å²) in [6, 6.07) is 8.76. The second-order valence-corrected chi connectivity index (χ2v) is 9.99. The van der Waals surface area contributed by atoms with Crippen LogP contribution in [0.3, 0.4) is 0 Å². The van der Waals surface area contributed by atoms with Crippen LogP contribution in [-0.2, 0) is 6.18 Å². The molecule has 6 nitrogen and oxygen atoms in total. The highest BCUT2D eigenvalue weighted by Crippen LogP contribution is 2.38. The van der Waals surface area contributed by atoms with E-state index in [-0.39, 0.29) is 5.69 Å². The van der Waals surface area contributed by atoms with Crippen molar-refractivity contribution in [1.82, 2.24) is 9.88 Å². The first-order chi connectivity index (χ1) is 17.5. The molecule has 1 saturated carbocycles. The lowest BCUT2D eigenvalue weighted by molar-refractivity contribution is -0.137. The van der Waals surface area contributed by atoms with Crippen LogP contribution in [0.2, 0.25) is 0 Å². The van der Waals surface area contributed by atoms with Crippen LogP contribution in [0.1, 0.15) is 49.0 Å². The standard InChI is InChI=1S/C28H35F3N4O2/c1-17-10-24(34-18(2)20-11-21(28(29,30)31)13-22(32)12-20)23-14-27(26(36-4)15-25(23)33-17)37-9-8-35(3)16-19-6-5-7-19/h10-15,18-19H,5-9,16,32H2,1-4H3,(H,33,34)/t18-/m1/s1. The van der Waals surface area contributed by atoms with Crippen molar-refractivity contribution < 1.29 is 22.6 Å². The zero-order valence-electron chi connectivity index (χ0n) is 21.8. The second kappa shape index (κ2) is 11.0. The fourth-order valence-corrected chi connectivity index (χ4v) is 4.68. The molecule has 1 heterocycles. The van der Waals surface area contributed by atoms with Crippen molar-refractivity contribution in [2.45, 2.75) is 45.3 Å². The smallest absolute Gasteiger partial charge is 0.416 e. The fourth-order valence-electron chi connectivity index (χ4n) is 4.68. The van der Waals surface area contributed by atoms with Crippen LogP contribution >= 0.6 is 0 Å². The Morgan fingerprint density at radius 1 is 1.14 bits per heavy atom. The quantitative estimate of drug-likeness (QED) is 0.302. The third-order valence-corrected chi connectivity index (χ3v) is 6.92. The van der Waals surface area contributed by atoms with Crippen molar-refractivity contribution in [2.75, 3.05) is 44.9 Å². The largest absolute Gasteiger partial charge is 0.493 e. The molecule has 9 heteroatoms. The van der Waals surface area contributed by atoms with Gasteiger partial charge in [0.15, 0.2) is 11.5 Å². The molecule has 1 fully saturated rings. The van der Waals surface area contributed by atoms with Crippen molar-refractivity contribution in [3.63, 3.8) is 0 Å². The van der Waals surface area contributed by atoms with Crippen LogP contribution in [0.15, 0.2) is 36.4 Å². The summed E-state index contributed by atoms with van der Waals surface area (Å²) >= 11 is 0. The second-order valence-electron chi connectivity index (χ2n) is 9.99. The molecule has 0 aliphatic heterocycles. The zero-order valence-corrected chi connectivity index (χ0v) is 21.8. The van der Waals surface area contributed by atoms with Gasteiger partial charge >= 0.3 is 6.18 Å². The Morgan fingerprint density at radius 2 is 1.89 bits per heavy atom. The lowest BCUT2D eigenvalue weighted by atomic mass is 9.85. The number of pyridine rings is 1. The van der Waals surface area contributed by atoms with Gasteiger partial charge in [0.1, 0.15) is 6.61 Å². The molecular weight excluding hydrogens is 481 g/mol. The van der Waals surface area contributed by atoms with E-state index in [9.17, 15) is 13.2 Å². The van der Waals surface area contributed by atoms with E-state index in [0.29, 0.717) is 29.2 Å². The summed E-state index contributed by atoms with van der Waals surface area (Å²) in [4.78, 5) is 6.92. The summed E-state index contributed by atoms with van der Waals surface area (Å²) in [5.74, 6) is 1.96. The summed E-state index contributed by atoms with van der Waals surface area (Å²) in [7, 11) is 3.70. The summed E-state index contributed by atoms with van der Waals surface area (Å²) in [5.41, 5.74) is 7.72. The first-order valence-electron chi connectivity index (χ1n) is 12.6. The average molecular weight is 517 g/mol. The van der Waals surface area contributed by atoms with Crippen LogP contribution in [0, 0.1) is 12.8 Å². The number of nitrogens with zero attached hydrogens (tertiary/aromatic N) is 2. The Bertz CT molecular complexity index is 1240. The molecule has 1 aliphatic carbocycles. The Hall–Kier alpha value is -3.20. The number of benzene rings is 2. The van der Waals surface area contributed by atoms with E-state index >= 15 is 0 Å². The average Bonchev–Trinajstić information content (AvgIpc) is 2.80. The lowest BCUT2D eigenvalue weighted by Gasteiger charge is -2.30. The first-order valence-corrected chi connectivity index (χ1v) is 12.6. The molecule has 4 rings (SSSR count). The topological polar surface area (TPSA) is 72.6 Å². The maximum atomic E-state index is 13.3. The molecule has 1 aliphatic rings. The van der Waals surface area contributed by atoms with E-state index in [4.69, 9.17) is 15.2 Å². The molecule has 200 valence electrons. The monoisotopic (exact) mass is 516 g/mol. The number of ether oxygens (including phenoxy) is 2. The van der Waals surface area contributed by atoms with Gasteiger partial charge < -0.3 is 25.4 Å². The van der Waals surface area contributed by atoms with Crippen LogP contribution in [0.25, 0.3) is 10.9 Å². The number of anilines is 2. The zero-order chi connectivity index (χ0) is 26.7. The molecular formula is C28H35F3N4O2.